The molecule has 0 radical (unpaired) electrons. The smallest absolute Gasteiger partial charge is 0.306 e. The number of halogens is 1. The van der Waals surface area contributed by atoms with Crippen LogP contribution in [0.15, 0.2) is 22.9 Å². The van der Waals surface area contributed by atoms with Crippen molar-refractivity contribution in [3.63, 3.8) is 0 Å². The first-order chi connectivity index (χ1) is 8.06. The first-order valence-electron chi connectivity index (χ1n) is 6.12. The van der Waals surface area contributed by atoms with Crippen LogP contribution in [0, 0.1) is 11.8 Å². The van der Waals surface area contributed by atoms with Crippen molar-refractivity contribution in [3.05, 3.63) is 22.9 Å². The molecule has 1 heterocycles. The second-order valence-corrected chi connectivity index (χ2v) is 5.45. The molecule has 1 aliphatic carbocycles. The van der Waals surface area contributed by atoms with E-state index in [9.17, 15) is 4.79 Å². The molecule has 0 amide bonds. The Hall–Kier alpha value is -0.960. The van der Waals surface area contributed by atoms with E-state index >= 15 is 0 Å². The number of hydrogen-bond acceptors (Lipinski definition) is 2. The number of piperidine rings is 1. The summed E-state index contributed by atoms with van der Waals surface area (Å²) >= 11 is 6.10. The number of hydrogen-bond donors (Lipinski definition) is 1. The number of nitrogens with zero attached hydrogens (tertiary/aromatic N) is 1. The molecule has 0 saturated carbocycles. The largest absolute Gasteiger partial charge is 0.481 e. The minimum Gasteiger partial charge on any atom is -0.481 e. The second kappa shape index (κ2) is 5.13. The first kappa shape index (κ1) is 12.5. The lowest BCUT2D eigenvalue weighted by molar-refractivity contribution is -0.143. The van der Waals surface area contributed by atoms with Crippen LogP contribution in [-0.2, 0) is 4.79 Å². The first-order valence-corrected chi connectivity index (χ1v) is 6.49. The minimum atomic E-state index is -0.663. The predicted molar refractivity (Wildman–Crippen MR) is 67.7 cm³/mol. The van der Waals surface area contributed by atoms with Gasteiger partial charge in [-0.3, -0.25) is 4.79 Å². The Kier molecular flexibility index (Phi) is 3.77. The van der Waals surface area contributed by atoms with Crippen molar-refractivity contribution in [1.29, 1.82) is 0 Å². The van der Waals surface area contributed by atoms with Gasteiger partial charge in [0.2, 0.25) is 0 Å². The zero-order valence-electron chi connectivity index (χ0n) is 10.0. The zero-order valence-corrected chi connectivity index (χ0v) is 10.8. The summed E-state index contributed by atoms with van der Waals surface area (Å²) in [6, 6.07) is 0. The third kappa shape index (κ3) is 3.03. The highest BCUT2D eigenvalue weighted by atomic mass is 35.5. The van der Waals surface area contributed by atoms with Gasteiger partial charge in [0, 0.05) is 23.8 Å². The summed E-state index contributed by atoms with van der Waals surface area (Å²) in [6.07, 6.45) is 6.62. The van der Waals surface area contributed by atoms with Crippen LogP contribution in [0.2, 0.25) is 0 Å². The number of aliphatic carboxylic acids is 1. The molecule has 1 unspecified atom stereocenters. The molecule has 2 aliphatic rings. The van der Waals surface area contributed by atoms with Crippen LogP contribution in [0.4, 0.5) is 0 Å². The molecule has 1 atom stereocenters. The van der Waals surface area contributed by atoms with Gasteiger partial charge in [-0.2, -0.15) is 0 Å². The van der Waals surface area contributed by atoms with E-state index in [0.717, 1.165) is 43.1 Å². The van der Waals surface area contributed by atoms with Gasteiger partial charge >= 0.3 is 5.97 Å². The number of rotatable bonds is 2. The maximum Gasteiger partial charge on any atom is 0.306 e. The number of carbonyl (C=O) groups is 1. The van der Waals surface area contributed by atoms with E-state index in [0.29, 0.717) is 5.92 Å². The molecule has 2 rings (SSSR count). The summed E-state index contributed by atoms with van der Waals surface area (Å²) in [4.78, 5) is 13.1. The Balaban J connectivity index is 1.99. The summed E-state index contributed by atoms with van der Waals surface area (Å²) in [5, 5.41) is 9.85. The quantitative estimate of drug-likeness (QED) is 0.825. The molecule has 0 aromatic heterocycles. The topological polar surface area (TPSA) is 40.5 Å². The maximum atomic E-state index is 10.9. The van der Waals surface area contributed by atoms with Crippen molar-refractivity contribution in [2.45, 2.75) is 26.2 Å². The van der Waals surface area contributed by atoms with E-state index in [1.54, 1.807) is 0 Å². The van der Waals surface area contributed by atoms with E-state index in [2.05, 4.69) is 17.9 Å². The fourth-order valence-electron chi connectivity index (χ4n) is 2.51. The van der Waals surface area contributed by atoms with Crippen molar-refractivity contribution in [2.75, 3.05) is 13.1 Å². The van der Waals surface area contributed by atoms with Gasteiger partial charge in [-0.25, -0.2) is 0 Å². The van der Waals surface area contributed by atoms with Crippen LogP contribution >= 0.6 is 11.6 Å². The van der Waals surface area contributed by atoms with E-state index in [4.69, 9.17) is 16.7 Å². The highest BCUT2D eigenvalue weighted by molar-refractivity contribution is 6.29. The van der Waals surface area contributed by atoms with Gasteiger partial charge < -0.3 is 10.0 Å². The Morgan fingerprint density at radius 2 is 2.12 bits per heavy atom. The summed E-state index contributed by atoms with van der Waals surface area (Å²) in [7, 11) is 0. The van der Waals surface area contributed by atoms with Gasteiger partial charge in [0.1, 0.15) is 0 Å². The Morgan fingerprint density at radius 1 is 1.47 bits per heavy atom. The molecule has 3 nitrogen and oxygen atoms in total. The molecule has 4 heteroatoms. The van der Waals surface area contributed by atoms with Crippen molar-refractivity contribution < 1.29 is 9.90 Å². The molecular weight excluding hydrogens is 238 g/mol. The predicted octanol–water partition coefficient (Wildman–Crippen LogP) is 2.83. The van der Waals surface area contributed by atoms with Crippen LogP contribution in [0.3, 0.4) is 0 Å². The highest BCUT2D eigenvalue weighted by Crippen LogP contribution is 2.29. The molecule has 94 valence electrons. The molecular formula is C13H18ClNO2. The summed E-state index contributed by atoms with van der Waals surface area (Å²) in [5.41, 5.74) is 1.16. The molecule has 1 N–H and O–H groups in total. The van der Waals surface area contributed by atoms with Gasteiger partial charge in [-0.15, -0.1) is 0 Å². The van der Waals surface area contributed by atoms with Gasteiger partial charge in [-0.05, 0) is 31.3 Å². The number of carboxylic acid groups (broad SMARTS) is 1. The van der Waals surface area contributed by atoms with Gasteiger partial charge in [0.25, 0.3) is 0 Å². The molecule has 0 aromatic carbocycles. The van der Waals surface area contributed by atoms with Crippen LogP contribution in [0.25, 0.3) is 0 Å². The lowest BCUT2D eigenvalue weighted by Crippen LogP contribution is -2.36. The van der Waals surface area contributed by atoms with E-state index in [1.165, 1.54) is 0 Å². The maximum absolute atomic E-state index is 10.9. The molecule has 17 heavy (non-hydrogen) atoms. The minimum absolute atomic E-state index is 0.174. The van der Waals surface area contributed by atoms with Crippen molar-refractivity contribution >= 4 is 17.6 Å². The lowest BCUT2D eigenvalue weighted by atomic mass is 9.94. The molecule has 1 fully saturated rings. The van der Waals surface area contributed by atoms with Crippen LogP contribution in [0.5, 0.6) is 0 Å². The number of likely N-dealkylation sites (tertiary alicyclic amines) is 1. The summed E-state index contributed by atoms with van der Waals surface area (Å²) in [5.74, 6) is -0.365. The molecule has 0 bridgehead atoms. The fourth-order valence-corrected chi connectivity index (χ4v) is 2.86. The van der Waals surface area contributed by atoms with Crippen LogP contribution in [-0.4, -0.2) is 29.1 Å². The molecule has 0 spiro atoms. The summed E-state index contributed by atoms with van der Waals surface area (Å²) < 4.78 is 0. The van der Waals surface area contributed by atoms with Gasteiger partial charge in [0.15, 0.2) is 0 Å². The zero-order chi connectivity index (χ0) is 12.4. The van der Waals surface area contributed by atoms with Crippen LogP contribution < -0.4 is 0 Å². The SMILES string of the molecule is CC1C=C(N2CCC(C(=O)O)CC2)C=C(Cl)C1. The molecule has 1 aliphatic heterocycles. The van der Waals surface area contributed by atoms with Crippen LogP contribution in [0.1, 0.15) is 26.2 Å². The second-order valence-electron chi connectivity index (χ2n) is 4.96. The summed E-state index contributed by atoms with van der Waals surface area (Å²) in [6.45, 7) is 3.78. The van der Waals surface area contributed by atoms with Crippen molar-refractivity contribution in [1.82, 2.24) is 4.90 Å². The number of allylic oxidation sites excluding steroid dienone is 3. The average Bonchev–Trinajstić information content (AvgIpc) is 2.28. The van der Waals surface area contributed by atoms with E-state index < -0.39 is 5.97 Å². The van der Waals surface area contributed by atoms with E-state index in [1.807, 2.05) is 6.08 Å². The standard InChI is InChI=1S/C13H18ClNO2/c1-9-6-11(14)8-12(7-9)15-4-2-10(3-5-15)13(16)17/h7-10H,2-6H2,1H3,(H,16,17). The Morgan fingerprint density at radius 3 is 2.65 bits per heavy atom. The monoisotopic (exact) mass is 255 g/mol. The fraction of sp³-hybridized carbons (Fsp3) is 0.615. The number of carboxylic acids is 1. The van der Waals surface area contributed by atoms with Crippen molar-refractivity contribution in [2.24, 2.45) is 11.8 Å². The third-order valence-electron chi connectivity index (χ3n) is 3.49. The Bertz CT molecular complexity index is 368. The normalized spacial score (nSPS) is 26.5. The molecule has 0 aromatic rings. The average molecular weight is 256 g/mol. The Labute approximate surface area is 107 Å². The van der Waals surface area contributed by atoms with Crippen molar-refractivity contribution in [3.8, 4) is 0 Å². The lowest BCUT2D eigenvalue weighted by Gasteiger charge is -2.34. The van der Waals surface area contributed by atoms with Gasteiger partial charge in [0.05, 0.1) is 5.92 Å². The molecule has 1 saturated heterocycles. The van der Waals surface area contributed by atoms with Gasteiger partial charge in [-0.1, -0.05) is 24.6 Å². The third-order valence-corrected chi connectivity index (χ3v) is 3.75. The van der Waals surface area contributed by atoms with E-state index in [-0.39, 0.29) is 5.92 Å². The highest BCUT2D eigenvalue weighted by Gasteiger charge is 2.26.